The average molecular weight is 466 g/mol. The molecule has 0 fully saturated rings. The van der Waals surface area contributed by atoms with Gasteiger partial charge in [0.1, 0.15) is 0 Å². The molecule has 0 bridgehead atoms. The van der Waals surface area contributed by atoms with Crippen LogP contribution in [0.4, 0.5) is 5.69 Å². The molecular formula is C27H28ClNO2S. The molecular weight excluding hydrogens is 438 g/mol. The lowest BCUT2D eigenvalue weighted by Gasteiger charge is -2.19. The number of rotatable bonds is 7. The highest BCUT2D eigenvalue weighted by molar-refractivity contribution is 8.00. The summed E-state index contributed by atoms with van der Waals surface area (Å²) < 4.78 is 0. The SMILES string of the molecule is CC[C@H](Sc1ccc(Cl)cc1)C(=O)Nc1cccc(C(=O)c2ccc(C(C)(C)C)cc2)c1. The number of benzene rings is 3. The van der Waals surface area contributed by atoms with E-state index in [2.05, 4.69) is 26.1 Å². The number of ketones is 1. The predicted molar refractivity (Wildman–Crippen MR) is 135 cm³/mol. The Morgan fingerprint density at radius 1 is 0.938 bits per heavy atom. The van der Waals surface area contributed by atoms with Crippen LogP contribution in [0.3, 0.4) is 0 Å². The number of carbonyl (C=O) groups is 2. The minimum Gasteiger partial charge on any atom is -0.325 e. The maximum Gasteiger partial charge on any atom is 0.237 e. The van der Waals surface area contributed by atoms with E-state index in [0.29, 0.717) is 28.3 Å². The van der Waals surface area contributed by atoms with Gasteiger partial charge in [0, 0.05) is 26.7 Å². The number of hydrogen-bond acceptors (Lipinski definition) is 3. The minimum atomic E-state index is -0.250. The molecule has 3 rings (SSSR count). The molecule has 3 aromatic rings. The van der Waals surface area contributed by atoms with E-state index in [9.17, 15) is 9.59 Å². The van der Waals surface area contributed by atoms with Crippen LogP contribution in [0.5, 0.6) is 0 Å². The van der Waals surface area contributed by atoms with Gasteiger partial charge in [-0.25, -0.2) is 0 Å². The molecule has 0 saturated heterocycles. The first-order valence-electron chi connectivity index (χ1n) is 10.7. The number of halogens is 1. The van der Waals surface area contributed by atoms with Crippen LogP contribution in [0.2, 0.25) is 5.02 Å². The smallest absolute Gasteiger partial charge is 0.237 e. The quantitative estimate of drug-likeness (QED) is 0.292. The number of anilines is 1. The lowest BCUT2D eigenvalue weighted by Crippen LogP contribution is -2.24. The highest BCUT2D eigenvalue weighted by Crippen LogP contribution is 2.28. The topological polar surface area (TPSA) is 46.2 Å². The molecule has 1 atom stereocenters. The summed E-state index contributed by atoms with van der Waals surface area (Å²) in [4.78, 5) is 26.8. The van der Waals surface area contributed by atoms with Gasteiger partial charge in [-0.05, 0) is 53.8 Å². The average Bonchev–Trinajstić information content (AvgIpc) is 2.77. The summed E-state index contributed by atoms with van der Waals surface area (Å²) in [5, 5.41) is 3.38. The first-order chi connectivity index (χ1) is 15.2. The van der Waals surface area contributed by atoms with E-state index in [-0.39, 0.29) is 22.4 Å². The summed E-state index contributed by atoms with van der Waals surface area (Å²) in [6.45, 7) is 8.41. The van der Waals surface area contributed by atoms with E-state index in [1.165, 1.54) is 17.3 Å². The molecule has 0 aromatic heterocycles. The zero-order valence-corrected chi connectivity index (χ0v) is 20.4. The highest BCUT2D eigenvalue weighted by atomic mass is 35.5. The van der Waals surface area contributed by atoms with Gasteiger partial charge in [-0.3, -0.25) is 9.59 Å². The van der Waals surface area contributed by atoms with Crippen LogP contribution in [0.15, 0.2) is 77.7 Å². The van der Waals surface area contributed by atoms with Crippen molar-refractivity contribution >= 4 is 40.7 Å². The molecule has 1 N–H and O–H groups in total. The number of nitrogens with one attached hydrogen (secondary N) is 1. The molecule has 0 spiro atoms. The molecule has 0 aliphatic carbocycles. The van der Waals surface area contributed by atoms with Gasteiger partial charge < -0.3 is 5.32 Å². The molecule has 0 radical (unpaired) electrons. The molecule has 0 unspecified atom stereocenters. The Morgan fingerprint density at radius 2 is 1.59 bits per heavy atom. The van der Waals surface area contributed by atoms with Crippen LogP contribution in [0, 0.1) is 0 Å². The third kappa shape index (κ3) is 6.24. The van der Waals surface area contributed by atoms with Gasteiger partial charge in [-0.1, -0.05) is 75.7 Å². The normalized spacial score (nSPS) is 12.3. The number of carbonyl (C=O) groups excluding carboxylic acids is 2. The maximum absolute atomic E-state index is 13.0. The van der Waals surface area contributed by atoms with Crippen molar-refractivity contribution in [2.75, 3.05) is 5.32 Å². The van der Waals surface area contributed by atoms with E-state index in [1.54, 1.807) is 24.3 Å². The van der Waals surface area contributed by atoms with Crippen molar-refractivity contribution in [2.45, 2.75) is 49.7 Å². The molecule has 5 heteroatoms. The molecule has 0 saturated carbocycles. The first-order valence-corrected chi connectivity index (χ1v) is 11.9. The van der Waals surface area contributed by atoms with Crippen molar-refractivity contribution < 1.29 is 9.59 Å². The first kappa shape index (κ1) is 24.1. The van der Waals surface area contributed by atoms with E-state index in [4.69, 9.17) is 11.6 Å². The summed E-state index contributed by atoms with van der Waals surface area (Å²) >= 11 is 7.45. The summed E-state index contributed by atoms with van der Waals surface area (Å²) in [7, 11) is 0. The molecule has 3 nitrogen and oxygen atoms in total. The standard InChI is InChI=1S/C27H28ClNO2S/c1-5-24(32-23-15-13-21(28)14-16-23)26(31)29-22-8-6-7-19(17-22)25(30)18-9-11-20(12-10-18)27(2,3)4/h6-17,24H,5H2,1-4H3,(H,29,31)/t24-/m0/s1. The van der Waals surface area contributed by atoms with Crippen LogP contribution in [-0.2, 0) is 10.2 Å². The van der Waals surface area contributed by atoms with E-state index in [1.807, 2.05) is 55.5 Å². The van der Waals surface area contributed by atoms with E-state index in [0.717, 1.165) is 4.90 Å². The second kappa shape index (κ2) is 10.4. The molecule has 0 heterocycles. The third-order valence-corrected chi connectivity index (χ3v) is 6.79. The van der Waals surface area contributed by atoms with Crippen LogP contribution in [0.1, 0.15) is 55.6 Å². The summed E-state index contributed by atoms with van der Waals surface area (Å²) in [5.41, 5.74) is 3.00. The van der Waals surface area contributed by atoms with Crippen LogP contribution >= 0.6 is 23.4 Å². The van der Waals surface area contributed by atoms with Crippen molar-refractivity contribution in [2.24, 2.45) is 0 Å². The van der Waals surface area contributed by atoms with Crippen LogP contribution in [0.25, 0.3) is 0 Å². The van der Waals surface area contributed by atoms with Gasteiger partial charge in [0.15, 0.2) is 5.78 Å². The second-order valence-corrected chi connectivity index (χ2v) is 10.4. The summed E-state index contributed by atoms with van der Waals surface area (Å²) in [6.07, 6.45) is 0.678. The Bertz CT molecular complexity index is 1090. The fourth-order valence-electron chi connectivity index (χ4n) is 3.25. The lowest BCUT2D eigenvalue weighted by molar-refractivity contribution is -0.115. The van der Waals surface area contributed by atoms with Gasteiger partial charge in [0.05, 0.1) is 5.25 Å². The zero-order chi connectivity index (χ0) is 23.3. The van der Waals surface area contributed by atoms with Gasteiger partial charge in [-0.2, -0.15) is 0 Å². The predicted octanol–water partition coefficient (Wildman–Crippen LogP) is 7.38. The van der Waals surface area contributed by atoms with E-state index < -0.39 is 0 Å². The van der Waals surface area contributed by atoms with Crippen molar-refractivity contribution in [3.63, 3.8) is 0 Å². The Kier molecular flexibility index (Phi) is 7.81. The second-order valence-electron chi connectivity index (χ2n) is 8.70. The molecule has 0 aliphatic rings. The van der Waals surface area contributed by atoms with Crippen molar-refractivity contribution in [3.8, 4) is 0 Å². The van der Waals surface area contributed by atoms with Crippen LogP contribution < -0.4 is 5.32 Å². The van der Waals surface area contributed by atoms with Gasteiger partial charge in [0.25, 0.3) is 0 Å². The number of thioether (sulfide) groups is 1. The van der Waals surface area contributed by atoms with E-state index >= 15 is 0 Å². The third-order valence-electron chi connectivity index (χ3n) is 5.16. The number of amides is 1. The fourth-order valence-corrected chi connectivity index (χ4v) is 4.33. The number of hydrogen-bond donors (Lipinski definition) is 1. The fraction of sp³-hybridized carbons (Fsp3) is 0.259. The Labute approximate surface area is 199 Å². The largest absolute Gasteiger partial charge is 0.325 e. The molecule has 3 aromatic carbocycles. The van der Waals surface area contributed by atoms with Crippen molar-refractivity contribution in [3.05, 3.63) is 94.5 Å². The Balaban J connectivity index is 1.71. The zero-order valence-electron chi connectivity index (χ0n) is 18.8. The monoisotopic (exact) mass is 465 g/mol. The lowest BCUT2D eigenvalue weighted by atomic mass is 9.86. The molecule has 32 heavy (non-hydrogen) atoms. The van der Waals surface area contributed by atoms with Gasteiger partial charge in [-0.15, -0.1) is 11.8 Å². The minimum absolute atomic E-state index is 0.0334. The van der Waals surface area contributed by atoms with Crippen LogP contribution in [-0.4, -0.2) is 16.9 Å². The molecule has 166 valence electrons. The summed E-state index contributed by atoms with van der Waals surface area (Å²) in [6, 6.07) is 22.3. The molecule has 1 amide bonds. The highest BCUT2D eigenvalue weighted by Gasteiger charge is 2.19. The van der Waals surface area contributed by atoms with Crippen molar-refractivity contribution in [1.29, 1.82) is 0 Å². The molecule has 0 aliphatic heterocycles. The van der Waals surface area contributed by atoms with Gasteiger partial charge in [0.2, 0.25) is 5.91 Å². The Morgan fingerprint density at radius 3 is 2.19 bits per heavy atom. The Hall–Kier alpha value is -2.56. The maximum atomic E-state index is 13.0. The van der Waals surface area contributed by atoms with Gasteiger partial charge >= 0.3 is 0 Å². The van der Waals surface area contributed by atoms with Crippen molar-refractivity contribution in [1.82, 2.24) is 0 Å². The summed E-state index contributed by atoms with van der Waals surface area (Å²) in [5.74, 6) is -0.157.